The summed E-state index contributed by atoms with van der Waals surface area (Å²) >= 11 is 1.07. The summed E-state index contributed by atoms with van der Waals surface area (Å²) in [5.41, 5.74) is 5.17. The molecule has 158 valence electrons. The molecule has 1 aliphatic rings. The molecular weight excluding hydrogens is 386 g/mol. The highest BCUT2D eigenvalue weighted by atomic mass is 32.2. The molecule has 0 spiro atoms. The Labute approximate surface area is 168 Å². The van der Waals surface area contributed by atoms with Crippen molar-refractivity contribution in [2.75, 3.05) is 18.8 Å². The number of aliphatic carboxylic acids is 1. The van der Waals surface area contributed by atoms with E-state index in [2.05, 4.69) is 10.6 Å². The molecule has 11 heteroatoms. The van der Waals surface area contributed by atoms with Crippen molar-refractivity contribution in [1.29, 1.82) is 5.41 Å². The summed E-state index contributed by atoms with van der Waals surface area (Å²) in [6.07, 6.45) is 1.72. The Morgan fingerprint density at radius 1 is 1.36 bits per heavy atom. The number of guanidine groups is 1. The minimum atomic E-state index is -1.15. The largest absolute Gasteiger partial charge is 0.480 e. The van der Waals surface area contributed by atoms with E-state index in [4.69, 9.17) is 11.1 Å². The van der Waals surface area contributed by atoms with Crippen LogP contribution in [0.15, 0.2) is 0 Å². The lowest BCUT2D eigenvalue weighted by Crippen LogP contribution is -2.52. The van der Waals surface area contributed by atoms with Gasteiger partial charge in [0.25, 0.3) is 0 Å². The van der Waals surface area contributed by atoms with E-state index in [1.165, 1.54) is 11.8 Å². The molecule has 1 rings (SSSR count). The van der Waals surface area contributed by atoms with Gasteiger partial charge in [-0.1, -0.05) is 18.7 Å². The summed E-state index contributed by atoms with van der Waals surface area (Å²) in [6.45, 7) is 3.92. The molecule has 2 amide bonds. The second-order valence-corrected chi connectivity index (χ2v) is 7.97. The Balaban J connectivity index is 2.63. The van der Waals surface area contributed by atoms with Gasteiger partial charge in [-0.15, -0.1) is 0 Å². The van der Waals surface area contributed by atoms with Crippen LogP contribution in [0.25, 0.3) is 0 Å². The number of rotatable bonds is 10. The summed E-state index contributed by atoms with van der Waals surface area (Å²) in [4.78, 5) is 49.2. The SMILES string of the molecule is CC(=O)SCC(C)C(=O)N1CCC[C@H]1C(=O)N[C@@H](CCCNC(=N)N)C(=O)O. The van der Waals surface area contributed by atoms with Crippen molar-refractivity contribution in [2.24, 2.45) is 11.7 Å². The van der Waals surface area contributed by atoms with Crippen LogP contribution in [-0.4, -0.2) is 69.8 Å². The minimum Gasteiger partial charge on any atom is -0.480 e. The predicted molar refractivity (Wildman–Crippen MR) is 106 cm³/mol. The fourth-order valence-corrected chi connectivity index (χ4v) is 3.58. The Morgan fingerprint density at radius 2 is 2.04 bits per heavy atom. The van der Waals surface area contributed by atoms with Crippen LogP contribution in [-0.2, 0) is 19.2 Å². The number of nitrogens with zero attached hydrogens (tertiary/aromatic N) is 1. The summed E-state index contributed by atoms with van der Waals surface area (Å²) < 4.78 is 0. The Morgan fingerprint density at radius 3 is 2.61 bits per heavy atom. The number of nitrogens with one attached hydrogen (secondary N) is 3. The third-order valence-electron chi connectivity index (χ3n) is 4.40. The number of carbonyl (C=O) groups is 4. The average Bonchev–Trinajstić information content (AvgIpc) is 3.10. The Hall–Kier alpha value is -2.30. The first-order chi connectivity index (χ1) is 13.1. The fourth-order valence-electron chi connectivity index (χ4n) is 2.95. The molecule has 0 aromatic heterocycles. The standard InChI is InChI=1S/C17H29N5O5S/c1-10(9-28-11(2)23)15(25)22-8-4-6-13(22)14(24)21-12(16(26)27)5-3-7-20-17(18)19/h10,12-13H,3-9H2,1-2H3,(H,21,24)(H,26,27)(H4,18,19,20)/t10?,12-,13-/m0/s1. The van der Waals surface area contributed by atoms with Crippen molar-refractivity contribution in [3.05, 3.63) is 0 Å². The topological polar surface area (TPSA) is 166 Å². The molecule has 0 aromatic rings. The number of carboxylic acid groups (broad SMARTS) is 1. The number of hydrogen-bond donors (Lipinski definition) is 5. The number of carboxylic acids is 1. The van der Waals surface area contributed by atoms with Gasteiger partial charge >= 0.3 is 5.97 Å². The van der Waals surface area contributed by atoms with Crippen LogP contribution in [0, 0.1) is 11.3 Å². The van der Waals surface area contributed by atoms with Gasteiger partial charge in [0.2, 0.25) is 11.8 Å². The zero-order valence-electron chi connectivity index (χ0n) is 16.2. The molecule has 1 heterocycles. The van der Waals surface area contributed by atoms with E-state index in [0.717, 1.165) is 11.8 Å². The molecule has 6 N–H and O–H groups in total. The molecular formula is C17H29N5O5S. The van der Waals surface area contributed by atoms with E-state index < -0.39 is 29.9 Å². The van der Waals surface area contributed by atoms with Crippen LogP contribution in [0.2, 0.25) is 0 Å². The molecule has 0 saturated carbocycles. The van der Waals surface area contributed by atoms with Gasteiger partial charge in [0.15, 0.2) is 11.1 Å². The number of likely N-dealkylation sites (tertiary alicyclic amines) is 1. The van der Waals surface area contributed by atoms with Crippen LogP contribution < -0.4 is 16.4 Å². The van der Waals surface area contributed by atoms with E-state index >= 15 is 0 Å². The molecule has 0 bridgehead atoms. The second-order valence-electron chi connectivity index (χ2n) is 6.78. The number of carbonyl (C=O) groups excluding carboxylic acids is 3. The number of amides is 2. The van der Waals surface area contributed by atoms with E-state index in [0.29, 0.717) is 38.1 Å². The monoisotopic (exact) mass is 415 g/mol. The Kier molecular flexibility index (Phi) is 9.77. The first kappa shape index (κ1) is 23.7. The van der Waals surface area contributed by atoms with E-state index in [1.54, 1.807) is 6.92 Å². The first-order valence-electron chi connectivity index (χ1n) is 9.18. The normalized spacial score (nSPS) is 18.2. The second kappa shape index (κ2) is 11.5. The van der Waals surface area contributed by atoms with Gasteiger partial charge in [-0.2, -0.15) is 0 Å². The quantitative estimate of drug-likeness (QED) is 0.185. The number of hydrogen-bond acceptors (Lipinski definition) is 6. The summed E-state index contributed by atoms with van der Waals surface area (Å²) in [5, 5.41) is 21.4. The van der Waals surface area contributed by atoms with Crippen molar-refractivity contribution < 1.29 is 24.3 Å². The maximum atomic E-state index is 12.6. The summed E-state index contributed by atoms with van der Waals surface area (Å²) in [5.74, 6) is -2.10. The van der Waals surface area contributed by atoms with Crippen molar-refractivity contribution >= 4 is 40.6 Å². The van der Waals surface area contributed by atoms with Gasteiger partial charge in [0.1, 0.15) is 12.1 Å². The highest BCUT2D eigenvalue weighted by Gasteiger charge is 2.37. The van der Waals surface area contributed by atoms with Gasteiger partial charge in [-0.3, -0.25) is 19.8 Å². The third-order valence-corrected chi connectivity index (χ3v) is 5.47. The average molecular weight is 416 g/mol. The van der Waals surface area contributed by atoms with Crippen LogP contribution >= 0.6 is 11.8 Å². The van der Waals surface area contributed by atoms with E-state index in [-0.39, 0.29) is 23.4 Å². The highest BCUT2D eigenvalue weighted by molar-refractivity contribution is 8.13. The maximum absolute atomic E-state index is 12.6. The fraction of sp³-hybridized carbons (Fsp3) is 0.706. The van der Waals surface area contributed by atoms with Crippen molar-refractivity contribution in [1.82, 2.24) is 15.5 Å². The van der Waals surface area contributed by atoms with Crippen LogP contribution in [0.4, 0.5) is 0 Å². The lowest BCUT2D eigenvalue weighted by Gasteiger charge is -2.27. The molecule has 3 atom stereocenters. The first-order valence-corrected chi connectivity index (χ1v) is 10.2. The molecule has 0 radical (unpaired) electrons. The van der Waals surface area contributed by atoms with E-state index in [9.17, 15) is 24.3 Å². The van der Waals surface area contributed by atoms with Crippen LogP contribution in [0.5, 0.6) is 0 Å². The van der Waals surface area contributed by atoms with Gasteiger partial charge in [-0.25, -0.2) is 4.79 Å². The molecule has 28 heavy (non-hydrogen) atoms. The highest BCUT2D eigenvalue weighted by Crippen LogP contribution is 2.22. The molecule has 1 aliphatic heterocycles. The molecule has 1 fully saturated rings. The maximum Gasteiger partial charge on any atom is 0.326 e. The summed E-state index contributed by atoms with van der Waals surface area (Å²) in [6, 6.07) is -1.78. The van der Waals surface area contributed by atoms with Crippen molar-refractivity contribution in [3.63, 3.8) is 0 Å². The molecule has 0 aliphatic carbocycles. The molecule has 1 saturated heterocycles. The van der Waals surface area contributed by atoms with Gasteiger partial charge in [0.05, 0.1) is 0 Å². The number of thioether (sulfide) groups is 1. The van der Waals surface area contributed by atoms with Gasteiger partial charge in [-0.05, 0) is 25.7 Å². The van der Waals surface area contributed by atoms with Crippen LogP contribution in [0.3, 0.4) is 0 Å². The molecule has 10 nitrogen and oxygen atoms in total. The zero-order chi connectivity index (χ0) is 21.3. The predicted octanol–water partition coefficient (Wildman–Crippen LogP) is -0.274. The molecule has 0 aromatic carbocycles. The zero-order valence-corrected chi connectivity index (χ0v) is 17.0. The third kappa shape index (κ3) is 7.75. The van der Waals surface area contributed by atoms with Crippen molar-refractivity contribution in [2.45, 2.75) is 51.6 Å². The lowest BCUT2D eigenvalue weighted by atomic mass is 10.1. The minimum absolute atomic E-state index is 0.0704. The smallest absolute Gasteiger partial charge is 0.326 e. The van der Waals surface area contributed by atoms with Gasteiger partial charge < -0.3 is 26.4 Å². The van der Waals surface area contributed by atoms with Gasteiger partial charge in [0, 0.05) is 31.7 Å². The lowest BCUT2D eigenvalue weighted by molar-refractivity contribution is -0.144. The Bertz CT molecular complexity index is 615. The summed E-state index contributed by atoms with van der Waals surface area (Å²) in [7, 11) is 0. The van der Waals surface area contributed by atoms with E-state index in [1.807, 2.05) is 0 Å². The van der Waals surface area contributed by atoms with Crippen LogP contribution in [0.1, 0.15) is 39.5 Å². The number of nitrogens with two attached hydrogens (primary N) is 1. The van der Waals surface area contributed by atoms with Crippen molar-refractivity contribution in [3.8, 4) is 0 Å². The molecule has 1 unspecified atom stereocenters.